The van der Waals surface area contributed by atoms with Crippen LogP contribution in [0.4, 0.5) is 0 Å². The van der Waals surface area contributed by atoms with Gasteiger partial charge in [-0.1, -0.05) is 16.9 Å². The van der Waals surface area contributed by atoms with Crippen LogP contribution in [0.3, 0.4) is 0 Å². The third-order valence-corrected chi connectivity index (χ3v) is 6.65. The highest BCUT2D eigenvalue weighted by Crippen LogP contribution is 2.57. The molecule has 0 rings (SSSR count). The molecule has 0 aliphatic carbocycles. The monoisotopic (exact) mass is 202 g/mol. The Balaban J connectivity index is 3.28. The minimum absolute atomic E-state index is 0.685. The first-order chi connectivity index (χ1) is 4.06. The van der Waals surface area contributed by atoms with Gasteiger partial charge in [0, 0.05) is 5.75 Å². The van der Waals surface area contributed by atoms with Crippen LogP contribution in [0.1, 0.15) is 0 Å². The van der Waals surface area contributed by atoms with Crippen LogP contribution in [0.5, 0.6) is 0 Å². The van der Waals surface area contributed by atoms with Gasteiger partial charge in [0.1, 0.15) is 0 Å². The summed E-state index contributed by atoms with van der Waals surface area (Å²) in [6, 6.07) is 0. The van der Waals surface area contributed by atoms with Crippen molar-refractivity contribution in [1.82, 2.24) is 0 Å². The Labute approximate surface area is 67.1 Å². The second-order valence-corrected chi connectivity index (χ2v) is 9.08. The lowest BCUT2D eigenvalue weighted by molar-refractivity contribution is 0.502. The summed E-state index contributed by atoms with van der Waals surface area (Å²) in [4.78, 5) is 17.3. The van der Waals surface area contributed by atoms with Crippen molar-refractivity contribution in [3.05, 3.63) is 12.7 Å². The van der Waals surface area contributed by atoms with Crippen molar-refractivity contribution in [2.24, 2.45) is 0 Å². The van der Waals surface area contributed by atoms with Crippen molar-refractivity contribution in [3.8, 4) is 0 Å². The molecule has 9 heavy (non-hydrogen) atoms. The summed E-state index contributed by atoms with van der Waals surface area (Å²) in [6.07, 6.45) is 1.68. The average molecular weight is 202 g/mol. The summed E-state index contributed by atoms with van der Waals surface area (Å²) in [5.74, 6) is 0.685. The summed E-state index contributed by atoms with van der Waals surface area (Å²) in [7, 11) is 2.24. The molecule has 0 aromatic rings. The van der Waals surface area contributed by atoms with Gasteiger partial charge in [-0.25, -0.2) is 0 Å². The van der Waals surface area contributed by atoms with Gasteiger partial charge < -0.3 is 9.79 Å². The van der Waals surface area contributed by atoms with Gasteiger partial charge in [0.05, 0.1) is 0 Å². The molecule has 0 spiro atoms. The first-order valence-corrected chi connectivity index (χ1v) is 7.67. The lowest BCUT2D eigenvalue weighted by Crippen LogP contribution is -1.65. The maximum Gasteiger partial charge on any atom is 0.252 e. The van der Waals surface area contributed by atoms with Crippen LogP contribution in [0, 0.1) is 0 Å². The second-order valence-electron chi connectivity index (χ2n) is 1.14. The van der Waals surface area contributed by atoms with Gasteiger partial charge in [0.25, 0.3) is 5.69 Å². The Morgan fingerprint density at radius 1 is 1.67 bits per heavy atom. The van der Waals surface area contributed by atoms with Crippen LogP contribution in [-0.2, 0) is 11.8 Å². The zero-order valence-electron chi connectivity index (χ0n) is 4.56. The summed E-state index contributed by atoms with van der Waals surface area (Å²) < 4.78 is 0. The van der Waals surface area contributed by atoms with E-state index in [1.54, 1.807) is 6.08 Å². The van der Waals surface area contributed by atoms with Gasteiger partial charge in [0.2, 0.25) is 0 Å². The van der Waals surface area contributed by atoms with E-state index >= 15 is 0 Å². The fourth-order valence-corrected chi connectivity index (χ4v) is 4.27. The summed E-state index contributed by atoms with van der Waals surface area (Å²) in [5, 5.41) is 0. The molecular weight excluding hydrogens is 195 g/mol. The van der Waals surface area contributed by atoms with Crippen molar-refractivity contribution in [3.63, 3.8) is 0 Å². The second kappa shape index (κ2) is 4.77. The van der Waals surface area contributed by atoms with E-state index in [1.165, 1.54) is 10.8 Å². The predicted molar refractivity (Wildman–Crippen MR) is 49.0 cm³/mol. The highest BCUT2D eigenvalue weighted by molar-refractivity contribution is 9.02. The van der Waals surface area contributed by atoms with E-state index < -0.39 is 5.69 Å². The minimum Gasteiger partial charge on any atom is -0.337 e. The van der Waals surface area contributed by atoms with Crippen molar-refractivity contribution in [2.45, 2.75) is 0 Å². The predicted octanol–water partition coefficient (Wildman–Crippen LogP) is 1.76. The van der Waals surface area contributed by atoms with Crippen LogP contribution >= 0.6 is 26.9 Å². The molecule has 0 radical (unpaired) electrons. The Hall–Kier alpha value is 1.01. The fourth-order valence-electron chi connectivity index (χ4n) is 0.147. The van der Waals surface area contributed by atoms with Gasteiger partial charge in [-0.2, -0.15) is 0 Å². The molecule has 0 aromatic carbocycles. The Kier molecular flexibility index (Phi) is 5.30. The van der Waals surface area contributed by atoms with Crippen molar-refractivity contribution < 1.29 is 9.79 Å². The van der Waals surface area contributed by atoms with E-state index in [1.807, 2.05) is 0 Å². The summed E-state index contributed by atoms with van der Waals surface area (Å²) in [5.41, 5.74) is -3.03. The van der Waals surface area contributed by atoms with Gasteiger partial charge in [-0.15, -0.1) is 6.58 Å². The fraction of sp³-hybridized carbons (Fsp3) is 0.333. The zero-order chi connectivity index (χ0) is 7.33. The molecule has 6 heteroatoms. The molecule has 0 aromatic heterocycles. The standard InChI is InChI=1S/C3H7O2PS3/c1-2-3-8-9-6(4,5)7/h2H,1,3H2,(H2,4,5,7). The summed E-state index contributed by atoms with van der Waals surface area (Å²) in [6.45, 7) is 3.46. The molecule has 0 bridgehead atoms. The number of hydrogen-bond acceptors (Lipinski definition) is 3. The molecule has 2 N–H and O–H groups in total. The maximum atomic E-state index is 8.63. The van der Waals surface area contributed by atoms with E-state index in [0.717, 1.165) is 10.4 Å². The van der Waals surface area contributed by atoms with Crippen LogP contribution in [0.25, 0.3) is 0 Å². The smallest absolute Gasteiger partial charge is 0.252 e. The zero-order valence-corrected chi connectivity index (χ0v) is 7.90. The first kappa shape index (κ1) is 10.0. The van der Waals surface area contributed by atoms with Crippen LogP contribution in [0.2, 0.25) is 0 Å². The molecule has 0 unspecified atom stereocenters. The van der Waals surface area contributed by atoms with Crippen molar-refractivity contribution >= 4 is 38.7 Å². The molecule has 0 amide bonds. The molecule has 0 heterocycles. The van der Waals surface area contributed by atoms with Crippen molar-refractivity contribution in [1.29, 1.82) is 0 Å². The van der Waals surface area contributed by atoms with Crippen LogP contribution in [-0.4, -0.2) is 15.5 Å². The highest BCUT2D eigenvalue weighted by atomic mass is 33.4. The number of rotatable bonds is 4. The van der Waals surface area contributed by atoms with E-state index in [9.17, 15) is 0 Å². The highest BCUT2D eigenvalue weighted by Gasteiger charge is 2.06. The molecule has 0 atom stereocenters. The normalized spacial score (nSPS) is 11.3. The van der Waals surface area contributed by atoms with E-state index in [2.05, 4.69) is 18.4 Å². The van der Waals surface area contributed by atoms with Crippen LogP contribution < -0.4 is 0 Å². The molecule has 0 aliphatic rings. The van der Waals surface area contributed by atoms with Gasteiger partial charge in [0.15, 0.2) is 0 Å². The third-order valence-electron chi connectivity index (χ3n) is 0.336. The topological polar surface area (TPSA) is 40.5 Å². The average Bonchev–Trinajstić information content (AvgIpc) is 1.63. The summed E-state index contributed by atoms with van der Waals surface area (Å²) >= 11 is 4.33. The minimum atomic E-state index is -3.03. The molecule has 0 aliphatic heterocycles. The first-order valence-electron chi connectivity index (χ1n) is 2.04. The van der Waals surface area contributed by atoms with E-state index in [0.29, 0.717) is 5.75 Å². The lowest BCUT2D eigenvalue weighted by atomic mass is 10.8. The van der Waals surface area contributed by atoms with Gasteiger partial charge in [-0.3, -0.25) is 0 Å². The molecule has 0 fully saturated rings. The van der Waals surface area contributed by atoms with E-state index in [4.69, 9.17) is 9.79 Å². The molecule has 0 saturated carbocycles. The molecule has 0 saturated heterocycles. The Morgan fingerprint density at radius 3 is 2.56 bits per heavy atom. The molecule has 2 nitrogen and oxygen atoms in total. The molecule has 54 valence electrons. The molecular formula is C3H7O2PS3. The van der Waals surface area contributed by atoms with E-state index in [-0.39, 0.29) is 0 Å². The van der Waals surface area contributed by atoms with Crippen LogP contribution in [0.15, 0.2) is 12.7 Å². The lowest BCUT2D eigenvalue weighted by Gasteiger charge is -2.01. The maximum absolute atomic E-state index is 8.63. The quantitative estimate of drug-likeness (QED) is 0.314. The van der Waals surface area contributed by atoms with Crippen molar-refractivity contribution in [2.75, 3.05) is 5.75 Å². The Morgan fingerprint density at radius 2 is 2.22 bits per heavy atom. The Bertz CT molecular complexity index is 131. The number of hydrogen-bond donors (Lipinski definition) is 2. The van der Waals surface area contributed by atoms with Gasteiger partial charge in [-0.05, 0) is 22.2 Å². The van der Waals surface area contributed by atoms with Gasteiger partial charge >= 0.3 is 0 Å². The SMILES string of the molecule is C=CCSSP(O)(O)=S. The largest absolute Gasteiger partial charge is 0.337 e. The third kappa shape index (κ3) is 9.01.